The van der Waals surface area contributed by atoms with E-state index in [1.54, 1.807) is 48.5 Å². The van der Waals surface area contributed by atoms with E-state index in [-0.39, 0.29) is 28.1 Å². The van der Waals surface area contributed by atoms with Crippen molar-refractivity contribution < 1.29 is 24.6 Å². The maximum atomic E-state index is 12.6. The number of aromatic hydroxyl groups is 3. The van der Waals surface area contributed by atoms with Gasteiger partial charge in [0.15, 0.2) is 5.76 Å². The largest absolute Gasteiger partial charge is 0.508 e. The molecule has 1 saturated heterocycles. The number of fused-ring (bicyclic) bond motifs is 1. The number of piperidine rings is 1. The van der Waals surface area contributed by atoms with E-state index < -0.39 is 0 Å². The Hall–Kier alpha value is -4.30. The van der Waals surface area contributed by atoms with E-state index in [4.69, 9.17) is 9.26 Å². The summed E-state index contributed by atoms with van der Waals surface area (Å²) in [6.45, 7) is 3.20. The van der Waals surface area contributed by atoms with Crippen molar-refractivity contribution in [1.82, 2.24) is 10.1 Å². The van der Waals surface area contributed by atoms with Crippen LogP contribution in [0, 0.1) is 0 Å². The summed E-state index contributed by atoms with van der Waals surface area (Å²) < 4.78 is 12.1. The lowest BCUT2D eigenvalue weighted by atomic mass is 9.95. The van der Waals surface area contributed by atoms with Gasteiger partial charge in [-0.05, 0) is 80.5 Å². The fourth-order valence-corrected chi connectivity index (χ4v) is 5.00. The summed E-state index contributed by atoms with van der Waals surface area (Å²) in [6, 6.07) is 14.6. The molecule has 0 saturated carbocycles. The fourth-order valence-electron chi connectivity index (χ4n) is 5.00. The molecule has 1 fully saturated rings. The summed E-state index contributed by atoms with van der Waals surface area (Å²) in [5, 5.41) is 35.2. The molecule has 0 atom stereocenters. The molecule has 8 heteroatoms. The minimum absolute atomic E-state index is 0.109. The van der Waals surface area contributed by atoms with E-state index in [0.717, 1.165) is 19.6 Å². The standard InChI is InChI=1S/C29H26N2O6/c32-19-8-4-17(5-9-19)26-23(28(37-30-26)18-6-10-20(33)11-7-18)21-16-22(34)24-25(27(24)35)29(21)36-15-14-31-12-2-1-3-13-31/h4-11,16,32-34H,1-3,12-15H2. The van der Waals surface area contributed by atoms with Crippen molar-refractivity contribution in [2.24, 2.45) is 0 Å². The van der Waals surface area contributed by atoms with Crippen LogP contribution < -0.4 is 10.2 Å². The van der Waals surface area contributed by atoms with Crippen LogP contribution in [0.1, 0.15) is 19.3 Å². The van der Waals surface area contributed by atoms with Gasteiger partial charge in [0.25, 0.3) is 0 Å². The second-order valence-electron chi connectivity index (χ2n) is 9.43. The quantitative estimate of drug-likeness (QED) is 0.286. The number of hydrogen-bond donors (Lipinski definition) is 3. The van der Waals surface area contributed by atoms with E-state index in [1.165, 1.54) is 25.3 Å². The molecule has 1 aliphatic rings. The van der Waals surface area contributed by atoms with Crippen molar-refractivity contribution in [3.8, 4) is 56.7 Å². The highest BCUT2D eigenvalue weighted by Crippen LogP contribution is 2.49. The minimum atomic E-state index is -0.231. The zero-order valence-electron chi connectivity index (χ0n) is 20.1. The van der Waals surface area contributed by atoms with Crippen LogP contribution in [-0.4, -0.2) is 51.6 Å². The minimum Gasteiger partial charge on any atom is -0.508 e. The van der Waals surface area contributed by atoms with Gasteiger partial charge in [-0.15, -0.1) is 0 Å². The molecule has 8 nitrogen and oxygen atoms in total. The van der Waals surface area contributed by atoms with Crippen LogP contribution in [0.5, 0.6) is 23.0 Å². The highest BCUT2D eigenvalue weighted by atomic mass is 16.5. The van der Waals surface area contributed by atoms with Crippen molar-refractivity contribution in [1.29, 1.82) is 0 Å². The van der Waals surface area contributed by atoms with Crippen molar-refractivity contribution in [3.05, 3.63) is 64.8 Å². The number of ether oxygens (including phenoxy) is 1. The molecule has 0 bridgehead atoms. The Labute approximate surface area is 212 Å². The van der Waals surface area contributed by atoms with Crippen LogP contribution >= 0.6 is 0 Å². The number of rotatable bonds is 7. The molecule has 2 heterocycles. The van der Waals surface area contributed by atoms with Crippen LogP contribution in [0.25, 0.3) is 44.5 Å². The number of nitrogens with zero attached hydrogens (tertiary/aromatic N) is 2. The van der Waals surface area contributed by atoms with Gasteiger partial charge in [0.1, 0.15) is 35.3 Å². The zero-order valence-corrected chi connectivity index (χ0v) is 20.1. The lowest BCUT2D eigenvalue weighted by Gasteiger charge is -2.26. The van der Waals surface area contributed by atoms with Crippen molar-refractivity contribution in [3.63, 3.8) is 0 Å². The van der Waals surface area contributed by atoms with Gasteiger partial charge in [-0.1, -0.05) is 11.6 Å². The fraction of sp³-hybridized carbons (Fsp3) is 0.241. The zero-order chi connectivity index (χ0) is 25.5. The molecule has 0 spiro atoms. The Kier molecular flexibility index (Phi) is 5.81. The summed E-state index contributed by atoms with van der Waals surface area (Å²) in [7, 11) is 0. The van der Waals surface area contributed by atoms with E-state index in [1.807, 2.05) is 0 Å². The van der Waals surface area contributed by atoms with Crippen LogP contribution in [0.2, 0.25) is 0 Å². The van der Waals surface area contributed by atoms with Gasteiger partial charge in [-0.25, -0.2) is 0 Å². The highest BCUT2D eigenvalue weighted by molar-refractivity contribution is 6.11. The highest BCUT2D eigenvalue weighted by Gasteiger charge is 2.31. The Morgan fingerprint density at radius 1 is 0.865 bits per heavy atom. The first-order chi connectivity index (χ1) is 18.0. The molecule has 188 valence electrons. The van der Waals surface area contributed by atoms with Crippen LogP contribution in [0.3, 0.4) is 0 Å². The first-order valence-electron chi connectivity index (χ1n) is 12.4. The SMILES string of the molecule is O=c1c2c(O)cc(-c3c(-c4ccc(O)cc4)noc3-c3ccc(O)cc3)c(OCCN3CCCCC3)c12. The van der Waals surface area contributed by atoms with E-state index in [0.29, 0.717) is 51.5 Å². The number of hydrogen-bond acceptors (Lipinski definition) is 8. The Balaban J connectivity index is 1.48. The molecular formula is C29H26N2O6. The summed E-state index contributed by atoms with van der Waals surface area (Å²) in [5.41, 5.74) is 2.61. The molecule has 3 N–H and O–H groups in total. The number of benzene rings is 3. The van der Waals surface area contributed by atoms with E-state index >= 15 is 0 Å². The molecule has 1 aliphatic heterocycles. The predicted molar refractivity (Wildman–Crippen MR) is 140 cm³/mol. The molecule has 1 aromatic heterocycles. The Bertz CT molecular complexity index is 1510. The molecule has 6 rings (SSSR count). The first-order valence-corrected chi connectivity index (χ1v) is 12.4. The molecule has 0 amide bonds. The summed E-state index contributed by atoms with van der Waals surface area (Å²) in [6.07, 6.45) is 3.59. The maximum Gasteiger partial charge on any atom is 0.202 e. The normalized spacial score (nSPS) is 14.5. The molecule has 37 heavy (non-hydrogen) atoms. The number of likely N-dealkylation sites (tertiary alicyclic amines) is 1. The summed E-state index contributed by atoms with van der Waals surface area (Å²) in [5.74, 6) is 0.905. The molecule has 0 unspecified atom stereocenters. The summed E-state index contributed by atoms with van der Waals surface area (Å²) >= 11 is 0. The van der Waals surface area contributed by atoms with Gasteiger partial charge in [0.05, 0.1) is 16.3 Å². The van der Waals surface area contributed by atoms with Gasteiger partial charge in [-0.3, -0.25) is 9.69 Å². The van der Waals surface area contributed by atoms with Crippen molar-refractivity contribution >= 4 is 10.8 Å². The first kappa shape index (κ1) is 23.1. The third-order valence-corrected chi connectivity index (χ3v) is 6.98. The Morgan fingerprint density at radius 3 is 2.19 bits per heavy atom. The number of phenolic OH excluding ortho intramolecular Hbond substituents is 3. The van der Waals surface area contributed by atoms with E-state index in [2.05, 4.69) is 10.1 Å². The average molecular weight is 499 g/mol. The smallest absolute Gasteiger partial charge is 0.202 e. The molecule has 0 aliphatic carbocycles. The maximum absolute atomic E-state index is 12.6. The van der Waals surface area contributed by atoms with Crippen molar-refractivity contribution in [2.45, 2.75) is 19.3 Å². The number of phenols is 3. The lowest BCUT2D eigenvalue weighted by molar-refractivity contribution is 0.184. The van der Waals surface area contributed by atoms with Crippen LogP contribution in [-0.2, 0) is 0 Å². The summed E-state index contributed by atoms with van der Waals surface area (Å²) in [4.78, 5) is 15.0. The molecule has 0 radical (unpaired) electrons. The van der Waals surface area contributed by atoms with Gasteiger partial charge in [-0.2, -0.15) is 0 Å². The van der Waals surface area contributed by atoms with Crippen LogP contribution in [0.15, 0.2) is 63.9 Å². The van der Waals surface area contributed by atoms with Gasteiger partial charge >= 0.3 is 0 Å². The third-order valence-electron chi connectivity index (χ3n) is 6.98. The topological polar surface area (TPSA) is 116 Å². The second-order valence-corrected chi connectivity index (χ2v) is 9.43. The third kappa shape index (κ3) is 4.29. The van der Waals surface area contributed by atoms with Crippen LogP contribution in [0.4, 0.5) is 0 Å². The van der Waals surface area contributed by atoms with Gasteiger partial charge in [0, 0.05) is 23.2 Å². The number of aromatic nitrogens is 1. The van der Waals surface area contributed by atoms with Gasteiger partial charge < -0.3 is 24.6 Å². The lowest BCUT2D eigenvalue weighted by Crippen LogP contribution is -2.33. The van der Waals surface area contributed by atoms with E-state index in [9.17, 15) is 20.1 Å². The molecule has 5 aromatic rings. The second kappa shape index (κ2) is 9.29. The Morgan fingerprint density at radius 2 is 1.51 bits per heavy atom. The van der Waals surface area contributed by atoms with Crippen molar-refractivity contribution in [2.75, 3.05) is 26.2 Å². The molecule has 4 aromatic carbocycles. The van der Waals surface area contributed by atoms with Gasteiger partial charge in [0.2, 0.25) is 5.43 Å². The average Bonchev–Trinajstić information content (AvgIpc) is 3.39. The predicted octanol–water partition coefficient (Wildman–Crippen LogP) is 5.05. The monoisotopic (exact) mass is 498 g/mol. The molecular weight excluding hydrogens is 472 g/mol.